The Morgan fingerprint density at radius 1 is 1.33 bits per heavy atom. The molecule has 0 amide bonds. The second-order valence-corrected chi connectivity index (χ2v) is 5.05. The van der Waals surface area contributed by atoms with Crippen LogP contribution in [0.15, 0.2) is 36.7 Å². The molecule has 0 fully saturated rings. The highest BCUT2D eigenvalue weighted by Gasteiger charge is 2.10. The van der Waals surface area contributed by atoms with Crippen LogP contribution in [0.4, 0.5) is 4.39 Å². The lowest BCUT2D eigenvalue weighted by atomic mass is 10.1. The molecule has 0 aliphatic rings. The molecular weight excluding hydrogens is 265 g/mol. The Hall–Kier alpha value is -2.12. The molecule has 1 N–H and O–H groups in total. The summed E-state index contributed by atoms with van der Waals surface area (Å²) in [4.78, 5) is 0. The topological polar surface area (TPSA) is 40.8 Å². The summed E-state index contributed by atoms with van der Waals surface area (Å²) in [5.74, 6) is -0.275. The maximum Gasteiger partial charge on any atom is 0.128 e. The van der Waals surface area contributed by atoms with E-state index in [2.05, 4.69) is 25.2 Å². The van der Waals surface area contributed by atoms with E-state index in [9.17, 15) is 4.39 Å². The standard InChI is InChI=1S/C17H20FN3/c1-3-17(20-4-2)14-7-8-21(11-14)12-15-9-13(10-19)5-6-16(15)18/h5-9,11,17,20H,3-4,12H2,1-2H3. The molecule has 1 atom stereocenters. The van der Waals surface area contributed by atoms with Gasteiger partial charge in [-0.1, -0.05) is 13.8 Å². The van der Waals surface area contributed by atoms with E-state index in [-0.39, 0.29) is 5.82 Å². The van der Waals surface area contributed by atoms with Gasteiger partial charge in [0.2, 0.25) is 0 Å². The average Bonchev–Trinajstić information content (AvgIpc) is 2.95. The zero-order valence-corrected chi connectivity index (χ0v) is 12.4. The van der Waals surface area contributed by atoms with Gasteiger partial charge < -0.3 is 9.88 Å². The van der Waals surface area contributed by atoms with Gasteiger partial charge in [-0.2, -0.15) is 5.26 Å². The monoisotopic (exact) mass is 285 g/mol. The zero-order valence-electron chi connectivity index (χ0n) is 12.4. The van der Waals surface area contributed by atoms with Gasteiger partial charge in [0.05, 0.1) is 11.6 Å². The first-order valence-corrected chi connectivity index (χ1v) is 7.25. The third kappa shape index (κ3) is 3.71. The number of rotatable bonds is 6. The molecule has 0 saturated heterocycles. The van der Waals surface area contributed by atoms with Crippen molar-refractivity contribution in [2.45, 2.75) is 32.9 Å². The van der Waals surface area contributed by atoms with Gasteiger partial charge in [0, 0.05) is 30.5 Å². The van der Waals surface area contributed by atoms with E-state index in [1.54, 1.807) is 6.07 Å². The summed E-state index contributed by atoms with van der Waals surface area (Å²) in [6, 6.07) is 8.89. The van der Waals surface area contributed by atoms with Crippen LogP contribution in [-0.4, -0.2) is 11.1 Å². The Kier molecular flexibility index (Phi) is 5.13. The van der Waals surface area contributed by atoms with Crippen LogP contribution in [0, 0.1) is 17.1 Å². The number of aromatic nitrogens is 1. The van der Waals surface area contributed by atoms with Crippen molar-refractivity contribution in [3.05, 3.63) is 59.2 Å². The van der Waals surface area contributed by atoms with Crippen LogP contribution in [0.5, 0.6) is 0 Å². The van der Waals surface area contributed by atoms with Crippen LogP contribution < -0.4 is 5.32 Å². The Balaban J connectivity index is 2.18. The summed E-state index contributed by atoms with van der Waals surface area (Å²) in [6.07, 6.45) is 5.00. The van der Waals surface area contributed by atoms with E-state index in [4.69, 9.17) is 5.26 Å². The predicted molar refractivity (Wildman–Crippen MR) is 81.4 cm³/mol. The van der Waals surface area contributed by atoms with E-state index in [0.717, 1.165) is 13.0 Å². The number of hydrogen-bond acceptors (Lipinski definition) is 2. The van der Waals surface area contributed by atoms with Gasteiger partial charge in [0.25, 0.3) is 0 Å². The van der Waals surface area contributed by atoms with Crippen LogP contribution in [-0.2, 0) is 6.54 Å². The van der Waals surface area contributed by atoms with Crippen molar-refractivity contribution < 1.29 is 4.39 Å². The molecule has 3 nitrogen and oxygen atoms in total. The summed E-state index contributed by atoms with van der Waals surface area (Å²) in [6.45, 7) is 5.58. The smallest absolute Gasteiger partial charge is 0.128 e. The molecule has 1 aromatic heterocycles. The lowest BCUT2D eigenvalue weighted by Crippen LogP contribution is -2.19. The van der Waals surface area contributed by atoms with Crippen LogP contribution in [0.3, 0.4) is 0 Å². The zero-order chi connectivity index (χ0) is 15.2. The molecule has 2 rings (SSSR count). The maximum atomic E-state index is 13.8. The third-order valence-corrected chi connectivity index (χ3v) is 3.56. The van der Waals surface area contributed by atoms with Crippen molar-refractivity contribution in [3.63, 3.8) is 0 Å². The summed E-state index contributed by atoms with van der Waals surface area (Å²) >= 11 is 0. The number of nitrogens with zero attached hydrogens (tertiary/aromatic N) is 2. The number of halogens is 1. The average molecular weight is 285 g/mol. The fourth-order valence-electron chi connectivity index (χ4n) is 2.47. The molecule has 0 bridgehead atoms. The highest BCUT2D eigenvalue weighted by atomic mass is 19.1. The van der Waals surface area contributed by atoms with Crippen LogP contribution >= 0.6 is 0 Å². The second kappa shape index (κ2) is 7.05. The van der Waals surface area contributed by atoms with Gasteiger partial charge in [-0.25, -0.2) is 4.39 Å². The SMILES string of the molecule is CCNC(CC)c1ccn(Cc2cc(C#N)ccc2F)c1. The summed E-state index contributed by atoms with van der Waals surface area (Å²) in [5.41, 5.74) is 2.22. The quantitative estimate of drug-likeness (QED) is 0.881. The molecular formula is C17H20FN3. The van der Waals surface area contributed by atoms with Gasteiger partial charge in [-0.3, -0.25) is 0 Å². The van der Waals surface area contributed by atoms with Gasteiger partial charge in [-0.05, 0) is 42.8 Å². The first-order chi connectivity index (χ1) is 10.2. The molecule has 1 heterocycles. The van der Waals surface area contributed by atoms with Crippen LogP contribution in [0.1, 0.15) is 43.0 Å². The van der Waals surface area contributed by atoms with Gasteiger partial charge in [-0.15, -0.1) is 0 Å². The third-order valence-electron chi connectivity index (χ3n) is 3.56. The highest BCUT2D eigenvalue weighted by Crippen LogP contribution is 2.18. The highest BCUT2D eigenvalue weighted by molar-refractivity contribution is 5.34. The van der Waals surface area contributed by atoms with Crippen molar-refractivity contribution in [2.75, 3.05) is 6.54 Å². The van der Waals surface area contributed by atoms with Gasteiger partial charge in [0.1, 0.15) is 5.82 Å². The molecule has 2 aromatic rings. The molecule has 4 heteroatoms. The number of benzene rings is 1. The largest absolute Gasteiger partial charge is 0.349 e. The summed E-state index contributed by atoms with van der Waals surface area (Å²) < 4.78 is 15.8. The van der Waals surface area contributed by atoms with E-state index >= 15 is 0 Å². The fraction of sp³-hybridized carbons (Fsp3) is 0.353. The normalized spacial score (nSPS) is 12.1. The minimum Gasteiger partial charge on any atom is -0.349 e. The summed E-state index contributed by atoms with van der Waals surface area (Å²) in [5, 5.41) is 12.3. The Bertz CT molecular complexity index is 640. The van der Waals surface area contributed by atoms with Crippen LogP contribution in [0.2, 0.25) is 0 Å². The molecule has 0 radical (unpaired) electrons. The van der Waals surface area contributed by atoms with Crippen molar-refractivity contribution in [1.29, 1.82) is 5.26 Å². The number of hydrogen-bond donors (Lipinski definition) is 1. The van der Waals surface area contributed by atoms with Crippen molar-refractivity contribution in [3.8, 4) is 6.07 Å². The Morgan fingerprint density at radius 3 is 2.81 bits per heavy atom. The van der Waals surface area contributed by atoms with E-state index < -0.39 is 0 Å². The Labute approximate surface area is 125 Å². The summed E-state index contributed by atoms with van der Waals surface area (Å²) in [7, 11) is 0. The number of nitrogens with one attached hydrogen (secondary N) is 1. The minimum atomic E-state index is -0.275. The van der Waals surface area contributed by atoms with Gasteiger partial charge >= 0.3 is 0 Å². The molecule has 0 aliphatic heterocycles. The maximum absolute atomic E-state index is 13.8. The van der Waals surface area contributed by atoms with E-state index in [1.165, 1.54) is 17.7 Å². The van der Waals surface area contributed by atoms with Crippen molar-refractivity contribution in [1.82, 2.24) is 9.88 Å². The molecule has 0 saturated carbocycles. The molecule has 0 spiro atoms. The Morgan fingerprint density at radius 2 is 2.14 bits per heavy atom. The van der Waals surface area contributed by atoms with Crippen LogP contribution in [0.25, 0.3) is 0 Å². The molecule has 1 aromatic carbocycles. The first kappa shape index (κ1) is 15.3. The van der Waals surface area contributed by atoms with Gasteiger partial charge in [0.15, 0.2) is 0 Å². The van der Waals surface area contributed by atoms with E-state index in [1.807, 2.05) is 23.0 Å². The first-order valence-electron chi connectivity index (χ1n) is 7.25. The lowest BCUT2D eigenvalue weighted by Gasteiger charge is -2.14. The number of nitriles is 1. The second-order valence-electron chi connectivity index (χ2n) is 5.05. The molecule has 1 unspecified atom stereocenters. The molecule has 110 valence electrons. The van der Waals surface area contributed by atoms with Crippen molar-refractivity contribution in [2.24, 2.45) is 0 Å². The predicted octanol–water partition coefficient (Wildman–Crippen LogP) is 3.61. The molecule has 0 aliphatic carbocycles. The minimum absolute atomic E-state index is 0.275. The van der Waals surface area contributed by atoms with Crippen molar-refractivity contribution >= 4 is 0 Å². The fourth-order valence-corrected chi connectivity index (χ4v) is 2.47. The van der Waals surface area contributed by atoms with E-state index in [0.29, 0.717) is 23.7 Å². The molecule has 21 heavy (non-hydrogen) atoms. The lowest BCUT2D eigenvalue weighted by molar-refractivity contribution is 0.536.